The number of rotatable bonds is 6. The summed E-state index contributed by atoms with van der Waals surface area (Å²) in [6, 6.07) is 10.6. The number of fused-ring (bicyclic) bond motifs is 1. The van der Waals surface area contributed by atoms with Gasteiger partial charge < -0.3 is 20.1 Å². The Morgan fingerprint density at radius 1 is 1.31 bits per heavy atom. The van der Waals surface area contributed by atoms with Crippen molar-refractivity contribution in [2.75, 3.05) is 24.5 Å². The summed E-state index contributed by atoms with van der Waals surface area (Å²) in [6.07, 6.45) is 1.68. The van der Waals surface area contributed by atoms with Crippen LogP contribution in [0.4, 0.5) is 5.13 Å². The molecule has 2 aliphatic rings. The Morgan fingerprint density at radius 2 is 2.14 bits per heavy atom. The third-order valence-electron chi connectivity index (χ3n) is 8.27. The van der Waals surface area contributed by atoms with Crippen molar-refractivity contribution in [2.45, 2.75) is 53.7 Å². The summed E-state index contributed by atoms with van der Waals surface area (Å²) in [5.74, 6) is 0.213. The number of piperidine rings is 1. The smallest absolute Gasteiger partial charge is 0.309 e. The number of carboxylic acids is 1. The molecule has 3 aromatic rings. The number of aryl methyl sites for hydroxylation is 1. The van der Waals surface area contributed by atoms with Crippen molar-refractivity contribution in [3.05, 3.63) is 63.5 Å². The number of thiazole rings is 1. The van der Waals surface area contributed by atoms with Crippen LogP contribution in [-0.4, -0.2) is 35.7 Å². The number of nitrogens with one attached hydrogen (secondary N) is 1. The van der Waals surface area contributed by atoms with Crippen LogP contribution in [0, 0.1) is 25.2 Å². The van der Waals surface area contributed by atoms with Crippen LogP contribution < -0.4 is 15.0 Å². The van der Waals surface area contributed by atoms with E-state index < -0.39 is 11.4 Å². The van der Waals surface area contributed by atoms with E-state index in [4.69, 9.17) is 9.72 Å². The van der Waals surface area contributed by atoms with Crippen LogP contribution in [0.2, 0.25) is 0 Å². The summed E-state index contributed by atoms with van der Waals surface area (Å²) in [5.41, 5.74) is 7.73. The van der Waals surface area contributed by atoms with Crippen LogP contribution in [0.25, 0.3) is 11.3 Å². The summed E-state index contributed by atoms with van der Waals surface area (Å²) < 4.78 is 6.48. The molecule has 0 spiro atoms. The first kappa shape index (κ1) is 24.8. The maximum atomic E-state index is 11.8. The Morgan fingerprint density at radius 3 is 2.92 bits per heavy atom. The van der Waals surface area contributed by atoms with Crippen molar-refractivity contribution in [3.8, 4) is 17.0 Å². The molecular weight excluding hydrogens is 470 g/mol. The van der Waals surface area contributed by atoms with Gasteiger partial charge in [-0.05, 0) is 80.0 Å². The van der Waals surface area contributed by atoms with E-state index in [-0.39, 0.29) is 5.92 Å². The SMILES string of the molecule is Cc1cccc(-c2csc(N3CC[C@](C)(C(=O)O)[C@@H](C)C3)n2)c1OCc1ccc2c(c1C)CCNC2. The van der Waals surface area contributed by atoms with Crippen LogP contribution in [-0.2, 0) is 24.4 Å². The fraction of sp³-hybridized carbons (Fsp3) is 0.448. The first-order chi connectivity index (χ1) is 17.3. The third-order valence-corrected chi connectivity index (χ3v) is 9.17. The van der Waals surface area contributed by atoms with Crippen molar-refractivity contribution in [1.29, 1.82) is 0 Å². The second kappa shape index (κ2) is 9.87. The Bertz CT molecular complexity index is 1290. The molecule has 5 rings (SSSR count). The maximum Gasteiger partial charge on any atom is 0.309 e. The maximum absolute atomic E-state index is 11.8. The molecule has 1 fully saturated rings. The third kappa shape index (κ3) is 4.50. The minimum absolute atomic E-state index is 0.0459. The van der Waals surface area contributed by atoms with Gasteiger partial charge in [-0.1, -0.05) is 31.2 Å². The molecule has 36 heavy (non-hydrogen) atoms. The zero-order chi connectivity index (χ0) is 25.4. The molecule has 1 saturated heterocycles. The molecule has 2 atom stereocenters. The Hall–Kier alpha value is -2.90. The van der Waals surface area contributed by atoms with Gasteiger partial charge in [-0.25, -0.2) is 4.98 Å². The number of ether oxygens (including phenoxy) is 1. The van der Waals surface area contributed by atoms with Crippen LogP contribution in [0.15, 0.2) is 35.7 Å². The predicted molar refractivity (Wildman–Crippen MR) is 145 cm³/mol. The van der Waals surface area contributed by atoms with Crippen molar-refractivity contribution in [1.82, 2.24) is 10.3 Å². The summed E-state index contributed by atoms with van der Waals surface area (Å²) in [7, 11) is 0. The molecule has 0 aliphatic carbocycles. The highest BCUT2D eigenvalue weighted by Crippen LogP contribution is 2.41. The monoisotopic (exact) mass is 505 g/mol. The summed E-state index contributed by atoms with van der Waals surface area (Å²) in [5, 5.41) is 16.2. The average Bonchev–Trinajstić information content (AvgIpc) is 3.36. The van der Waals surface area contributed by atoms with E-state index in [1.807, 2.05) is 13.8 Å². The molecule has 0 unspecified atom stereocenters. The van der Waals surface area contributed by atoms with Gasteiger partial charge >= 0.3 is 5.97 Å². The van der Waals surface area contributed by atoms with Gasteiger partial charge in [-0.3, -0.25) is 4.79 Å². The lowest BCUT2D eigenvalue weighted by Gasteiger charge is -2.41. The second-order valence-electron chi connectivity index (χ2n) is 10.5. The Balaban J connectivity index is 1.36. The number of carbonyl (C=O) groups is 1. The molecule has 6 nitrogen and oxygen atoms in total. The zero-order valence-corrected chi connectivity index (χ0v) is 22.4. The van der Waals surface area contributed by atoms with E-state index in [2.05, 4.69) is 59.8 Å². The van der Waals surface area contributed by atoms with Gasteiger partial charge in [0.05, 0.1) is 11.1 Å². The van der Waals surface area contributed by atoms with Gasteiger partial charge in [0.15, 0.2) is 5.13 Å². The molecule has 0 saturated carbocycles. The fourth-order valence-corrected chi connectivity index (χ4v) is 6.29. The van der Waals surface area contributed by atoms with Gasteiger partial charge in [0.25, 0.3) is 0 Å². The van der Waals surface area contributed by atoms with E-state index in [9.17, 15) is 9.90 Å². The minimum atomic E-state index is -0.707. The van der Waals surface area contributed by atoms with Crippen LogP contribution in [0.1, 0.15) is 48.1 Å². The number of anilines is 1. The van der Waals surface area contributed by atoms with E-state index in [0.29, 0.717) is 26.1 Å². The van der Waals surface area contributed by atoms with Gasteiger partial charge in [0.1, 0.15) is 12.4 Å². The lowest BCUT2D eigenvalue weighted by atomic mass is 9.73. The topological polar surface area (TPSA) is 74.7 Å². The first-order valence-corrected chi connectivity index (χ1v) is 13.6. The highest BCUT2D eigenvalue weighted by atomic mass is 32.1. The number of hydrogen-bond acceptors (Lipinski definition) is 6. The van der Waals surface area contributed by atoms with E-state index >= 15 is 0 Å². The molecule has 0 radical (unpaired) electrons. The van der Waals surface area contributed by atoms with E-state index in [1.54, 1.807) is 11.3 Å². The highest BCUT2D eigenvalue weighted by molar-refractivity contribution is 7.14. The zero-order valence-electron chi connectivity index (χ0n) is 21.6. The summed E-state index contributed by atoms with van der Waals surface area (Å²) in [6.45, 7) is 12.1. The van der Waals surface area contributed by atoms with Gasteiger partial charge in [0.2, 0.25) is 0 Å². The van der Waals surface area contributed by atoms with Crippen molar-refractivity contribution in [2.24, 2.45) is 11.3 Å². The Kier molecular flexibility index (Phi) is 6.79. The van der Waals surface area contributed by atoms with E-state index in [0.717, 1.165) is 47.2 Å². The average molecular weight is 506 g/mol. The van der Waals surface area contributed by atoms with Crippen LogP contribution in [0.3, 0.4) is 0 Å². The molecule has 0 amide bonds. The number of para-hydroxylation sites is 1. The van der Waals surface area contributed by atoms with Crippen LogP contribution >= 0.6 is 11.3 Å². The molecule has 2 aliphatic heterocycles. The number of aliphatic carboxylic acids is 1. The molecule has 7 heteroatoms. The normalized spacial score (nSPS) is 21.8. The summed E-state index contributed by atoms with van der Waals surface area (Å²) >= 11 is 1.61. The molecule has 0 bridgehead atoms. The number of benzene rings is 2. The van der Waals surface area contributed by atoms with Gasteiger partial charge in [-0.15, -0.1) is 11.3 Å². The van der Waals surface area contributed by atoms with Crippen LogP contribution in [0.5, 0.6) is 5.75 Å². The van der Waals surface area contributed by atoms with Crippen molar-refractivity contribution in [3.63, 3.8) is 0 Å². The summed E-state index contributed by atoms with van der Waals surface area (Å²) in [4.78, 5) is 19.0. The fourth-order valence-electron chi connectivity index (χ4n) is 5.43. The Labute approximate surface area is 217 Å². The number of carboxylic acid groups (broad SMARTS) is 1. The minimum Gasteiger partial charge on any atom is -0.488 e. The quantitative estimate of drug-likeness (QED) is 0.455. The molecule has 3 heterocycles. The van der Waals surface area contributed by atoms with Crippen molar-refractivity contribution < 1.29 is 14.6 Å². The molecule has 2 aromatic carbocycles. The molecule has 2 N–H and O–H groups in total. The van der Waals surface area contributed by atoms with E-state index in [1.165, 1.54) is 22.3 Å². The standard InChI is InChI=1S/C29H35N3O3S/c1-18-6-5-7-24(26(18)35-16-22-9-8-21-14-30-12-10-23(21)20(22)3)25-17-36-28(31-25)32-13-11-29(4,27(33)34)19(2)15-32/h5-9,17,19,30H,10-16H2,1-4H3,(H,33,34)/t19-,29-/m0/s1. The molecular formula is C29H35N3O3S. The van der Waals surface area contributed by atoms with Gasteiger partial charge in [0, 0.05) is 30.6 Å². The molecule has 190 valence electrons. The largest absolute Gasteiger partial charge is 0.488 e. The number of nitrogens with zero attached hydrogens (tertiary/aromatic N) is 2. The predicted octanol–water partition coefficient (Wildman–Crippen LogP) is 5.59. The van der Waals surface area contributed by atoms with Gasteiger partial charge in [-0.2, -0.15) is 0 Å². The number of hydrogen-bond donors (Lipinski definition) is 2. The first-order valence-electron chi connectivity index (χ1n) is 12.8. The lowest BCUT2D eigenvalue weighted by Crippen LogP contribution is -2.48. The van der Waals surface area contributed by atoms with Crippen molar-refractivity contribution >= 4 is 22.4 Å². The lowest BCUT2D eigenvalue weighted by molar-refractivity contribution is -0.152. The second-order valence-corrected chi connectivity index (χ2v) is 11.3. The number of aromatic nitrogens is 1. The molecule has 1 aromatic heterocycles. The highest BCUT2D eigenvalue weighted by Gasteiger charge is 2.43.